The van der Waals surface area contributed by atoms with Crippen molar-refractivity contribution < 1.29 is 14.6 Å². The van der Waals surface area contributed by atoms with E-state index in [9.17, 15) is 14.6 Å². The van der Waals surface area contributed by atoms with E-state index in [1.54, 1.807) is 6.07 Å². The lowest BCUT2D eigenvalue weighted by atomic mass is 10.1. The van der Waals surface area contributed by atoms with Gasteiger partial charge in [0.1, 0.15) is 11.9 Å². The zero-order valence-corrected chi connectivity index (χ0v) is 14.3. The van der Waals surface area contributed by atoms with Crippen molar-refractivity contribution in [2.75, 3.05) is 5.32 Å². The minimum atomic E-state index is -1.23. The number of hydrogen-bond acceptors (Lipinski definition) is 6. The van der Waals surface area contributed by atoms with Crippen LogP contribution in [0.4, 0.5) is 16.0 Å². The van der Waals surface area contributed by atoms with E-state index in [1.165, 1.54) is 6.07 Å². The normalized spacial score (nSPS) is 12.3. The highest BCUT2D eigenvalue weighted by molar-refractivity contribution is 5.90. The third-order valence-electron chi connectivity index (χ3n) is 4.10. The number of aromatic amines is 1. The maximum absolute atomic E-state index is 13.3. The van der Waals surface area contributed by atoms with Gasteiger partial charge in [0.15, 0.2) is 23.2 Å². The molecule has 0 aliphatic heterocycles. The summed E-state index contributed by atoms with van der Waals surface area (Å²) in [5.41, 5.74) is 1.80. The number of rotatable bonds is 4. The second kappa shape index (κ2) is 6.65. The fourth-order valence-corrected chi connectivity index (χ4v) is 2.76. The molecule has 8 heteroatoms. The highest BCUT2D eigenvalue weighted by Gasteiger charge is 2.18. The predicted octanol–water partition coefficient (Wildman–Crippen LogP) is 3.33. The van der Waals surface area contributed by atoms with Crippen LogP contribution in [0.2, 0.25) is 0 Å². The first kappa shape index (κ1) is 16.9. The first-order chi connectivity index (χ1) is 13.0. The van der Waals surface area contributed by atoms with E-state index in [4.69, 9.17) is 0 Å². The lowest BCUT2D eigenvalue weighted by molar-refractivity contribution is 0.210. The number of hydrogen-bond donors (Lipinski definition) is 4. The molecule has 136 valence electrons. The molecule has 0 bridgehead atoms. The van der Waals surface area contributed by atoms with Crippen LogP contribution in [0.5, 0.6) is 5.75 Å². The molecule has 0 amide bonds. The quantitative estimate of drug-likeness (QED) is 0.442. The van der Waals surface area contributed by atoms with Crippen molar-refractivity contribution in [1.29, 1.82) is 0 Å². The van der Waals surface area contributed by atoms with Gasteiger partial charge in [-0.1, -0.05) is 18.2 Å². The fraction of sp³-hybridized carbons (Fsp3) is 0.105. The average Bonchev–Trinajstić information content (AvgIpc) is 3.08. The van der Waals surface area contributed by atoms with Crippen molar-refractivity contribution >= 4 is 22.5 Å². The van der Waals surface area contributed by atoms with Crippen LogP contribution in [0.3, 0.4) is 0 Å². The number of aryl methyl sites for hydroxylation is 1. The Morgan fingerprint density at radius 2 is 1.93 bits per heavy atom. The number of para-hydroxylation sites is 1. The number of benzene rings is 2. The van der Waals surface area contributed by atoms with Gasteiger partial charge in [-0.3, -0.25) is 5.10 Å². The minimum absolute atomic E-state index is 0.120. The number of nitrogens with zero attached hydrogens (tertiary/aromatic N) is 3. The van der Waals surface area contributed by atoms with Gasteiger partial charge in [-0.25, -0.2) is 14.4 Å². The molecular formula is C19H16FN5O2. The fourth-order valence-electron chi connectivity index (χ4n) is 2.76. The molecule has 0 aliphatic carbocycles. The summed E-state index contributed by atoms with van der Waals surface area (Å²) < 4.78 is 13.3. The topological polar surface area (TPSA) is 107 Å². The van der Waals surface area contributed by atoms with Crippen molar-refractivity contribution in [3.8, 4) is 5.75 Å². The number of phenols is 1. The number of nitrogens with one attached hydrogen (secondary N) is 2. The summed E-state index contributed by atoms with van der Waals surface area (Å²) in [6, 6.07) is 12.8. The molecule has 0 saturated carbocycles. The van der Waals surface area contributed by atoms with Crippen molar-refractivity contribution in [2.45, 2.75) is 13.0 Å². The number of H-pyrrole nitrogens is 1. The van der Waals surface area contributed by atoms with Crippen LogP contribution in [-0.2, 0) is 0 Å². The maximum atomic E-state index is 13.3. The van der Waals surface area contributed by atoms with Crippen molar-refractivity contribution in [1.82, 2.24) is 20.2 Å². The molecule has 0 saturated heterocycles. The summed E-state index contributed by atoms with van der Waals surface area (Å²) in [5.74, 6) is -0.127. The van der Waals surface area contributed by atoms with Gasteiger partial charge in [0.25, 0.3) is 0 Å². The van der Waals surface area contributed by atoms with Crippen LogP contribution in [0, 0.1) is 12.7 Å². The number of phenolic OH excluding ortho intramolecular Hbond substituents is 1. The van der Waals surface area contributed by atoms with Crippen LogP contribution in [0.15, 0.2) is 48.5 Å². The van der Waals surface area contributed by atoms with Gasteiger partial charge in [-0.05, 0) is 36.8 Å². The first-order valence-corrected chi connectivity index (χ1v) is 8.23. The van der Waals surface area contributed by atoms with Gasteiger partial charge < -0.3 is 15.5 Å². The van der Waals surface area contributed by atoms with Gasteiger partial charge in [-0.2, -0.15) is 5.10 Å². The van der Waals surface area contributed by atoms with E-state index < -0.39 is 17.7 Å². The van der Waals surface area contributed by atoms with Crippen LogP contribution in [-0.4, -0.2) is 30.4 Å². The molecular weight excluding hydrogens is 349 g/mol. The second-order valence-electron chi connectivity index (χ2n) is 6.12. The van der Waals surface area contributed by atoms with Gasteiger partial charge in [-0.15, -0.1) is 0 Å². The summed E-state index contributed by atoms with van der Waals surface area (Å²) in [4.78, 5) is 8.84. The first-order valence-electron chi connectivity index (χ1n) is 8.23. The zero-order valence-electron chi connectivity index (χ0n) is 14.3. The maximum Gasteiger partial charge on any atom is 0.164 e. The number of aliphatic hydroxyl groups excluding tert-OH is 1. The Kier molecular flexibility index (Phi) is 4.17. The molecule has 2 aromatic carbocycles. The SMILES string of the molecule is Cc1cc(Nc2nc(C(O)c3ccc(F)c(O)c3)nc3ccccc23)n[nH]1. The predicted molar refractivity (Wildman–Crippen MR) is 98.3 cm³/mol. The molecule has 2 heterocycles. The smallest absolute Gasteiger partial charge is 0.164 e. The molecule has 2 aromatic heterocycles. The van der Waals surface area contributed by atoms with Crippen LogP contribution >= 0.6 is 0 Å². The molecule has 0 spiro atoms. The molecule has 0 radical (unpaired) electrons. The summed E-state index contributed by atoms with van der Waals surface area (Å²) in [6.07, 6.45) is -1.23. The molecule has 1 atom stereocenters. The third-order valence-corrected chi connectivity index (χ3v) is 4.10. The Balaban J connectivity index is 1.79. The number of aromatic nitrogens is 4. The van der Waals surface area contributed by atoms with Crippen molar-refractivity contribution in [3.63, 3.8) is 0 Å². The van der Waals surface area contributed by atoms with Crippen molar-refractivity contribution in [2.24, 2.45) is 0 Å². The summed E-state index contributed by atoms with van der Waals surface area (Å²) in [5, 5.41) is 31.1. The van der Waals surface area contributed by atoms with E-state index in [1.807, 2.05) is 31.2 Å². The third kappa shape index (κ3) is 3.30. The monoisotopic (exact) mass is 365 g/mol. The Morgan fingerprint density at radius 1 is 1.11 bits per heavy atom. The van der Waals surface area contributed by atoms with Crippen LogP contribution < -0.4 is 5.32 Å². The van der Waals surface area contributed by atoms with Crippen molar-refractivity contribution in [3.05, 3.63) is 71.4 Å². The molecule has 7 nitrogen and oxygen atoms in total. The van der Waals surface area contributed by atoms with E-state index in [2.05, 4.69) is 25.5 Å². The largest absolute Gasteiger partial charge is 0.505 e. The van der Waals surface area contributed by atoms with Gasteiger partial charge in [0.2, 0.25) is 0 Å². The molecule has 1 unspecified atom stereocenters. The van der Waals surface area contributed by atoms with E-state index in [-0.39, 0.29) is 11.4 Å². The zero-order chi connectivity index (χ0) is 19.0. The summed E-state index contributed by atoms with van der Waals surface area (Å²) >= 11 is 0. The summed E-state index contributed by atoms with van der Waals surface area (Å²) in [7, 11) is 0. The van der Waals surface area contributed by atoms with Crippen LogP contribution in [0.25, 0.3) is 10.9 Å². The average molecular weight is 365 g/mol. The highest BCUT2D eigenvalue weighted by Crippen LogP contribution is 2.29. The molecule has 4 rings (SSSR count). The standard InChI is InChI=1S/C19H16FN5O2/c1-10-8-16(25-24-10)22-18-12-4-2-3-5-14(12)21-19(23-18)17(27)11-6-7-13(20)15(26)9-11/h2-9,17,26-27H,1H3,(H2,21,22,23,24,25). The number of anilines is 2. The Hall–Kier alpha value is -3.52. The molecule has 27 heavy (non-hydrogen) atoms. The lowest BCUT2D eigenvalue weighted by Crippen LogP contribution is -2.08. The Morgan fingerprint density at radius 3 is 2.67 bits per heavy atom. The van der Waals surface area contributed by atoms with E-state index >= 15 is 0 Å². The lowest BCUT2D eigenvalue weighted by Gasteiger charge is -2.14. The van der Waals surface area contributed by atoms with Crippen LogP contribution in [0.1, 0.15) is 23.2 Å². The van der Waals surface area contributed by atoms with Gasteiger partial charge >= 0.3 is 0 Å². The van der Waals surface area contributed by atoms with Gasteiger partial charge in [0.05, 0.1) is 5.52 Å². The Labute approximate surface area is 153 Å². The number of aliphatic hydroxyl groups is 1. The molecule has 4 N–H and O–H groups in total. The van der Waals surface area contributed by atoms with E-state index in [0.717, 1.165) is 23.2 Å². The highest BCUT2D eigenvalue weighted by atomic mass is 19.1. The summed E-state index contributed by atoms with van der Waals surface area (Å²) in [6.45, 7) is 1.88. The van der Waals surface area contributed by atoms with Gasteiger partial charge in [0, 0.05) is 17.1 Å². The number of fused-ring (bicyclic) bond motifs is 1. The second-order valence-corrected chi connectivity index (χ2v) is 6.12. The Bertz CT molecular complexity index is 1130. The molecule has 0 fully saturated rings. The minimum Gasteiger partial charge on any atom is -0.505 e. The molecule has 4 aromatic rings. The number of halogens is 1. The number of aromatic hydroxyl groups is 1. The van der Waals surface area contributed by atoms with E-state index in [0.29, 0.717) is 17.2 Å². The molecule has 0 aliphatic rings.